The van der Waals surface area contributed by atoms with Gasteiger partial charge in [0.2, 0.25) is 0 Å². The number of nitrogens with zero attached hydrogens (tertiary/aromatic N) is 2. The van der Waals surface area contributed by atoms with Gasteiger partial charge in [0.05, 0.1) is 23.3 Å². The minimum atomic E-state index is -0.309. The Bertz CT molecular complexity index is 1330. The summed E-state index contributed by atoms with van der Waals surface area (Å²) in [6.45, 7) is 0. The van der Waals surface area contributed by atoms with Crippen molar-refractivity contribution >= 4 is 23.2 Å². The predicted molar refractivity (Wildman–Crippen MR) is 130 cm³/mol. The first kappa shape index (κ1) is 22.0. The maximum atomic E-state index is 12.8. The number of amides is 2. The second kappa shape index (κ2) is 9.95. The number of nitriles is 2. The number of anilines is 2. The molecule has 0 fully saturated rings. The quantitative estimate of drug-likeness (QED) is 0.419. The molecule has 0 radical (unpaired) electrons. The maximum absolute atomic E-state index is 12.8. The van der Waals surface area contributed by atoms with Crippen LogP contribution >= 0.6 is 0 Å². The van der Waals surface area contributed by atoms with Crippen LogP contribution in [0.1, 0.15) is 31.8 Å². The number of carbonyl (C=O) groups is 2. The molecule has 0 saturated heterocycles. The van der Waals surface area contributed by atoms with Crippen LogP contribution in [0.2, 0.25) is 0 Å². The van der Waals surface area contributed by atoms with Gasteiger partial charge in [-0.15, -0.1) is 0 Å². The number of benzene rings is 4. The molecule has 0 bridgehead atoms. The van der Waals surface area contributed by atoms with Gasteiger partial charge in [0, 0.05) is 33.6 Å². The first-order valence-electron chi connectivity index (χ1n) is 10.4. The number of rotatable bonds is 5. The molecule has 6 nitrogen and oxygen atoms in total. The van der Waals surface area contributed by atoms with E-state index < -0.39 is 0 Å². The highest BCUT2D eigenvalue weighted by Crippen LogP contribution is 2.34. The molecule has 0 heterocycles. The summed E-state index contributed by atoms with van der Waals surface area (Å²) < 4.78 is 0. The van der Waals surface area contributed by atoms with E-state index in [9.17, 15) is 9.59 Å². The van der Waals surface area contributed by atoms with Crippen molar-refractivity contribution in [1.29, 1.82) is 10.5 Å². The van der Waals surface area contributed by atoms with Gasteiger partial charge < -0.3 is 10.6 Å². The van der Waals surface area contributed by atoms with Gasteiger partial charge in [-0.1, -0.05) is 36.4 Å². The molecule has 6 heteroatoms. The molecular formula is C28H18N4O2. The van der Waals surface area contributed by atoms with Crippen LogP contribution in [0, 0.1) is 22.7 Å². The number of hydrogen-bond donors (Lipinski definition) is 2. The normalized spacial score (nSPS) is 9.94. The lowest BCUT2D eigenvalue weighted by molar-refractivity contribution is 0.101. The lowest BCUT2D eigenvalue weighted by Gasteiger charge is -2.15. The van der Waals surface area contributed by atoms with E-state index in [0.29, 0.717) is 33.6 Å². The van der Waals surface area contributed by atoms with Crippen LogP contribution in [0.5, 0.6) is 0 Å². The van der Waals surface area contributed by atoms with E-state index in [1.54, 1.807) is 60.7 Å². The Morgan fingerprint density at radius 1 is 0.529 bits per heavy atom. The molecule has 0 aromatic heterocycles. The summed E-state index contributed by atoms with van der Waals surface area (Å²) in [6.07, 6.45) is 0. The highest BCUT2D eigenvalue weighted by atomic mass is 16.2. The monoisotopic (exact) mass is 442 g/mol. The SMILES string of the molecule is N#Cc1ccc(C(=O)Nc2ccccc2-c2ccccc2NC(=O)c2ccc(C#N)cc2)cc1. The third kappa shape index (κ3) is 4.83. The molecule has 0 saturated carbocycles. The molecule has 0 aliphatic rings. The molecule has 0 atom stereocenters. The zero-order valence-electron chi connectivity index (χ0n) is 17.9. The Labute approximate surface area is 196 Å². The van der Waals surface area contributed by atoms with Crippen LogP contribution in [0.15, 0.2) is 97.1 Å². The van der Waals surface area contributed by atoms with Gasteiger partial charge in [-0.05, 0) is 60.7 Å². The predicted octanol–water partition coefficient (Wildman–Crippen LogP) is 5.60. The molecule has 2 N–H and O–H groups in total. The highest BCUT2D eigenvalue weighted by molar-refractivity contribution is 6.09. The third-order valence-electron chi connectivity index (χ3n) is 5.19. The second-order valence-corrected chi connectivity index (χ2v) is 7.38. The van der Waals surface area contributed by atoms with Crippen LogP contribution in [-0.2, 0) is 0 Å². The smallest absolute Gasteiger partial charge is 0.255 e. The first-order valence-corrected chi connectivity index (χ1v) is 10.4. The Balaban J connectivity index is 1.62. The largest absolute Gasteiger partial charge is 0.321 e. The lowest BCUT2D eigenvalue weighted by atomic mass is 10.0. The number of hydrogen-bond acceptors (Lipinski definition) is 4. The fraction of sp³-hybridized carbons (Fsp3) is 0. The number of nitrogens with one attached hydrogen (secondary N) is 2. The maximum Gasteiger partial charge on any atom is 0.255 e. The molecule has 0 unspecified atom stereocenters. The Morgan fingerprint density at radius 3 is 1.24 bits per heavy atom. The number of carbonyl (C=O) groups excluding carboxylic acids is 2. The van der Waals surface area contributed by atoms with Gasteiger partial charge in [-0.2, -0.15) is 10.5 Å². The lowest BCUT2D eigenvalue weighted by Crippen LogP contribution is -2.14. The van der Waals surface area contributed by atoms with Gasteiger partial charge in [0.25, 0.3) is 11.8 Å². The summed E-state index contributed by atoms with van der Waals surface area (Å²) in [5.41, 5.74) is 4.44. The minimum absolute atomic E-state index is 0.309. The summed E-state index contributed by atoms with van der Waals surface area (Å²) in [5, 5.41) is 23.8. The van der Waals surface area contributed by atoms with E-state index >= 15 is 0 Å². The molecule has 0 aliphatic heterocycles. The molecule has 2 amide bonds. The Hall–Kier alpha value is -5.20. The molecule has 34 heavy (non-hydrogen) atoms. The summed E-state index contributed by atoms with van der Waals surface area (Å²) in [4.78, 5) is 25.6. The molecule has 4 rings (SSSR count). The minimum Gasteiger partial charge on any atom is -0.321 e. The summed E-state index contributed by atoms with van der Waals surface area (Å²) in [5.74, 6) is -0.618. The van der Waals surface area contributed by atoms with E-state index in [4.69, 9.17) is 10.5 Å². The van der Waals surface area contributed by atoms with Crippen LogP contribution in [0.3, 0.4) is 0 Å². The van der Waals surface area contributed by atoms with Crippen molar-refractivity contribution in [3.05, 3.63) is 119 Å². The van der Waals surface area contributed by atoms with Gasteiger partial charge in [0.1, 0.15) is 0 Å². The van der Waals surface area contributed by atoms with Crippen LogP contribution < -0.4 is 10.6 Å². The Morgan fingerprint density at radius 2 is 0.882 bits per heavy atom. The van der Waals surface area contributed by atoms with Gasteiger partial charge in [-0.3, -0.25) is 9.59 Å². The van der Waals surface area contributed by atoms with Crippen LogP contribution in [0.4, 0.5) is 11.4 Å². The molecule has 4 aromatic carbocycles. The topological polar surface area (TPSA) is 106 Å². The van der Waals surface area contributed by atoms with E-state index in [1.165, 1.54) is 0 Å². The summed E-state index contributed by atoms with van der Waals surface area (Å²) >= 11 is 0. The standard InChI is InChI=1S/C28H18N4O2/c29-17-19-9-13-21(14-10-19)27(33)31-25-7-3-1-5-23(25)24-6-2-4-8-26(24)32-28(34)22-15-11-20(18-30)12-16-22/h1-16H,(H,31,33)(H,32,34). The molecule has 0 aliphatic carbocycles. The average molecular weight is 442 g/mol. The zero-order valence-corrected chi connectivity index (χ0v) is 17.9. The summed E-state index contributed by atoms with van der Waals surface area (Å²) in [6, 6.07) is 31.5. The fourth-order valence-corrected chi connectivity index (χ4v) is 3.44. The van der Waals surface area contributed by atoms with Crippen molar-refractivity contribution in [2.24, 2.45) is 0 Å². The molecule has 162 valence electrons. The Kier molecular flexibility index (Phi) is 6.44. The van der Waals surface area contributed by atoms with Crippen molar-refractivity contribution in [2.45, 2.75) is 0 Å². The van der Waals surface area contributed by atoms with Crippen molar-refractivity contribution in [3.63, 3.8) is 0 Å². The molecular weight excluding hydrogens is 424 g/mol. The second-order valence-electron chi connectivity index (χ2n) is 7.38. The van der Waals surface area contributed by atoms with Crippen molar-refractivity contribution in [1.82, 2.24) is 0 Å². The average Bonchev–Trinajstić information content (AvgIpc) is 2.89. The van der Waals surface area contributed by atoms with Gasteiger partial charge in [0.15, 0.2) is 0 Å². The number of para-hydroxylation sites is 2. The fourth-order valence-electron chi connectivity index (χ4n) is 3.44. The highest BCUT2D eigenvalue weighted by Gasteiger charge is 2.15. The van der Waals surface area contributed by atoms with E-state index in [2.05, 4.69) is 10.6 Å². The third-order valence-corrected chi connectivity index (χ3v) is 5.19. The molecule has 0 spiro atoms. The zero-order chi connectivity index (χ0) is 23.9. The molecule has 4 aromatic rings. The van der Waals surface area contributed by atoms with Crippen molar-refractivity contribution < 1.29 is 9.59 Å². The van der Waals surface area contributed by atoms with Gasteiger partial charge >= 0.3 is 0 Å². The first-order chi connectivity index (χ1) is 16.6. The van der Waals surface area contributed by atoms with E-state index in [0.717, 1.165) is 11.1 Å². The van der Waals surface area contributed by atoms with Crippen molar-refractivity contribution in [3.8, 4) is 23.3 Å². The van der Waals surface area contributed by atoms with Crippen LogP contribution in [-0.4, -0.2) is 11.8 Å². The van der Waals surface area contributed by atoms with E-state index in [1.807, 2.05) is 48.5 Å². The van der Waals surface area contributed by atoms with Gasteiger partial charge in [-0.25, -0.2) is 0 Å². The van der Waals surface area contributed by atoms with Crippen LogP contribution in [0.25, 0.3) is 11.1 Å². The summed E-state index contributed by atoms with van der Waals surface area (Å²) in [7, 11) is 0. The van der Waals surface area contributed by atoms with Crippen molar-refractivity contribution in [2.75, 3.05) is 10.6 Å². The van der Waals surface area contributed by atoms with E-state index in [-0.39, 0.29) is 11.8 Å².